The average Bonchev–Trinajstić information content (AvgIpc) is 3.06. The number of H-pyrrole nitrogens is 1. The molecule has 1 aromatic heterocycles. The normalized spacial score (nSPS) is 12.0. The third-order valence-corrected chi connectivity index (χ3v) is 5.13. The fraction of sp³-hybridized carbons (Fsp3) is 0.250. The molecule has 2 aromatic carbocycles. The number of amides is 1. The maximum atomic E-state index is 13.9. The van der Waals surface area contributed by atoms with E-state index in [0.29, 0.717) is 16.5 Å². The first kappa shape index (κ1) is 19.1. The lowest BCUT2D eigenvalue weighted by Gasteiger charge is -2.15. The highest BCUT2D eigenvalue weighted by molar-refractivity contribution is 8.00. The number of hydrogen-bond acceptors (Lipinski definition) is 4. The van der Waals surface area contributed by atoms with E-state index in [4.69, 9.17) is 0 Å². The van der Waals surface area contributed by atoms with Crippen LogP contribution in [0.5, 0.6) is 0 Å². The first-order valence-electron chi connectivity index (χ1n) is 8.58. The van der Waals surface area contributed by atoms with Gasteiger partial charge in [-0.2, -0.15) is 0 Å². The molecular formula is C20H21FN4OS. The molecule has 0 spiro atoms. The van der Waals surface area contributed by atoms with Gasteiger partial charge in [0.2, 0.25) is 11.1 Å². The Morgan fingerprint density at radius 1 is 1.19 bits per heavy atom. The van der Waals surface area contributed by atoms with Crippen molar-refractivity contribution in [1.29, 1.82) is 0 Å². The summed E-state index contributed by atoms with van der Waals surface area (Å²) in [6, 6.07) is 10.4. The van der Waals surface area contributed by atoms with E-state index in [9.17, 15) is 9.18 Å². The molecule has 27 heavy (non-hydrogen) atoms. The van der Waals surface area contributed by atoms with Crippen molar-refractivity contribution in [3.05, 3.63) is 58.9 Å². The number of aromatic nitrogens is 3. The number of halogens is 1. The van der Waals surface area contributed by atoms with E-state index in [1.165, 1.54) is 17.8 Å². The van der Waals surface area contributed by atoms with Gasteiger partial charge in [0.1, 0.15) is 5.82 Å². The maximum absolute atomic E-state index is 13.9. The molecule has 0 radical (unpaired) electrons. The number of carbonyl (C=O) groups is 1. The lowest BCUT2D eigenvalue weighted by Crippen LogP contribution is -2.23. The number of carbonyl (C=O) groups excluding carboxylic acids is 1. The predicted octanol–water partition coefficient (Wildman–Crippen LogP) is 4.66. The molecule has 1 amide bonds. The molecule has 2 N–H and O–H groups in total. The first-order valence-corrected chi connectivity index (χ1v) is 9.46. The molecule has 0 aliphatic rings. The van der Waals surface area contributed by atoms with Crippen LogP contribution in [0.25, 0.3) is 11.4 Å². The number of benzene rings is 2. The van der Waals surface area contributed by atoms with Crippen LogP contribution in [0.1, 0.15) is 23.6 Å². The van der Waals surface area contributed by atoms with Crippen molar-refractivity contribution in [1.82, 2.24) is 15.2 Å². The van der Waals surface area contributed by atoms with Gasteiger partial charge in [-0.1, -0.05) is 41.6 Å². The number of hydrogen-bond donors (Lipinski definition) is 2. The fourth-order valence-corrected chi connectivity index (χ4v) is 3.61. The minimum absolute atomic E-state index is 0.132. The van der Waals surface area contributed by atoms with Gasteiger partial charge in [0, 0.05) is 5.69 Å². The van der Waals surface area contributed by atoms with Gasteiger partial charge in [-0.05, 0) is 51.0 Å². The van der Waals surface area contributed by atoms with Crippen LogP contribution in [0.4, 0.5) is 10.1 Å². The van der Waals surface area contributed by atoms with Crippen molar-refractivity contribution in [3.8, 4) is 11.4 Å². The first-order chi connectivity index (χ1) is 12.8. The number of rotatable bonds is 5. The number of thioether (sulfide) groups is 1. The van der Waals surface area contributed by atoms with Crippen LogP contribution in [-0.4, -0.2) is 26.3 Å². The Labute approximate surface area is 161 Å². The molecule has 1 heterocycles. The van der Waals surface area contributed by atoms with E-state index in [2.05, 4.69) is 20.5 Å². The third kappa shape index (κ3) is 4.36. The zero-order valence-corrected chi connectivity index (χ0v) is 16.4. The summed E-state index contributed by atoms with van der Waals surface area (Å²) in [7, 11) is 0. The lowest BCUT2D eigenvalue weighted by atomic mass is 10.1. The van der Waals surface area contributed by atoms with Crippen molar-refractivity contribution in [2.75, 3.05) is 5.32 Å². The summed E-state index contributed by atoms with van der Waals surface area (Å²) in [6.07, 6.45) is 0. The minimum atomic E-state index is -0.408. The van der Waals surface area contributed by atoms with E-state index < -0.39 is 5.25 Å². The van der Waals surface area contributed by atoms with Gasteiger partial charge in [-0.25, -0.2) is 9.37 Å². The summed E-state index contributed by atoms with van der Waals surface area (Å²) in [5.74, 6) is -0.165. The van der Waals surface area contributed by atoms with Crippen LogP contribution in [0, 0.1) is 26.6 Å². The Kier molecular flexibility index (Phi) is 5.60. The minimum Gasteiger partial charge on any atom is -0.325 e. The molecule has 0 aliphatic heterocycles. The summed E-state index contributed by atoms with van der Waals surface area (Å²) < 4.78 is 13.9. The van der Waals surface area contributed by atoms with E-state index in [1.807, 2.05) is 32.9 Å². The van der Waals surface area contributed by atoms with Crippen LogP contribution in [0.2, 0.25) is 0 Å². The fourth-order valence-electron chi connectivity index (χ4n) is 2.89. The quantitative estimate of drug-likeness (QED) is 0.628. The van der Waals surface area contributed by atoms with E-state index in [0.717, 1.165) is 22.4 Å². The molecule has 7 heteroatoms. The van der Waals surface area contributed by atoms with Gasteiger partial charge in [-0.15, -0.1) is 5.10 Å². The van der Waals surface area contributed by atoms with Crippen molar-refractivity contribution in [2.45, 2.75) is 38.1 Å². The molecule has 3 aromatic rings. The highest BCUT2D eigenvalue weighted by Crippen LogP contribution is 2.26. The van der Waals surface area contributed by atoms with Gasteiger partial charge < -0.3 is 5.32 Å². The number of nitrogens with one attached hydrogen (secondary N) is 2. The molecule has 1 atom stereocenters. The van der Waals surface area contributed by atoms with Gasteiger partial charge in [0.05, 0.1) is 10.8 Å². The summed E-state index contributed by atoms with van der Waals surface area (Å²) >= 11 is 1.22. The van der Waals surface area contributed by atoms with Gasteiger partial charge in [0.15, 0.2) is 5.82 Å². The number of aryl methyl sites for hydroxylation is 3. The summed E-state index contributed by atoms with van der Waals surface area (Å²) in [6.45, 7) is 7.77. The zero-order chi connectivity index (χ0) is 19.6. The highest BCUT2D eigenvalue weighted by atomic mass is 32.2. The molecule has 140 valence electrons. The summed E-state index contributed by atoms with van der Waals surface area (Å²) in [4.78, 5) is 16.9. The Balaban J connectivity index is 1.70. The topological polar surface area (TPSA) is 70.7 Å². The van der Waals surface area contributed by atoms with Crippen LogP contribution < -0.4 is 5.32 Å². The highest BCUT2D eigenvalue weighted by Gasteiger charge is 2.19. The van der Waals surface area contributed by atoms with Crippen LogP contribution in [-0.2, 0) is 4.79 Å². The molecular weight excluding hydrogens is 363 g/mol. The van der Waals surface area contributed by atoms with Gasteiger partial charge >= 0.3 is 0 Å². The van der Waals surface area contributed by atoms with Crippen LogP contribution in [0.15, 0.2) is 41.6 Å². The molecule has 0 fully saturated rings. The van der Waals surface area contributed by atoms with Crippen LogP contribution >= 0.6 is 11.8 Å². The van der Waals surface area contributed by atoms with Crippen molar-refractivity contribution in [3.63, 3.8) is 0 Å². The average molecular weight is 384 g/mol. The second-order valence-electron chi connectivity index (χ2n) is 6.47. The predicted molar refractivity (Wildman–Crippen MR) is 106 cm³/mol. The molecule has 0 saturated carbocycles. The van der Waals surface area contributed by atoms with Crippen molar-refractivity contribution >= 4 is 23.4 Å². The second-order valence-corrected chi connectivity index (χ2v) is 7.78. The number of anilines is 1. The van der Waals surface area contributed by atoms with Gasteiger partial charge in [0.25, 0.3) is 0 Å². The Bertz CT molecular complexity index is 963. The Hall–Kier alpha value is -2.67. The van der Waals surface area contributed by atoms with E-state index in [1.54, 1.807) is 25.1 Å². The zero-order valence-electron chi connectivity index (χ0n) is 15.6. The van der Waals surface area contributed by atoms with Crippen molar-refractivity contribution in [2.24, 2.45) is 0 Å². The summed E-state index contributed by atoms with van der Waals surface area (Å²) in [5, 5.41) is 9.79. The molecule has 3 rings (SSSR count). The number of nitrogens with zero attached hydrogens (tertiary/aromatic N) is 2. The van der Waals surface area contributed by atoms with Gasteiger partial charge in [-0.3, -0.25) is 9.89 Å². The molecule has 0 aliphatic carbocycles. The smallest absolute Gasteiger partial charge is 0.237 e. The second kappa shape index (κ2) is 7.92. The standard InChI is InChI=1S/C20H21FN4OS/c1-11-9-12(2)17(13(3)10-11)22-19(26)14(4)27-20-23-18(24-25-20)15-7-5-6-8-16(15)21/h5-10,14H,1-4H3,(H,22,26)(H,23,24,25)/t14-/m0/s1. The van der Waals surface area contributed by atoms with Crippen molar-refractivity contribution < 1.29 is 9.18 Å². The lowest BCUT2D eigenvalue weighted by molar-refractivity contribution is -0.115. The monoisotopic (exact) mass is 384 g/mol. The summed E-state index contributed by atoms with van der Waals surface area (Å²) in [5.41, 5.74) is 4.39. The maximum Gasteiger partial charge on any atom is 0.237 e. The van der Waals surface area contributed by atoms with E-state index >= 15 is 0 Å². The van der Waals surface area contributed by atoms with Crippen LogP contribution in [0.3, 0.4) is 0 Å². The molecule has 5 nitrogen and oxygen atoms in total. The molecule has 0 saturated heterocycles. The Morgan fingerprint density at radius 2 is 1.85 bits per heavy atom. The Morgan fingerprint density at radius 3 is 2.52 bits per heavy atom. The molecule has 0 bridgehead atoms. The largest absolute Gasteiger partial charge is 0.325 e. The number of aromatic amines is 1. The third-order valence-electron chi connectivity index (χ3n) is 4.17. The SMILES string of the molecule is Cc1cc(C)c(NC(=O)[C@H](C)Sc2n[nH]c(-c3ccccc3F)n2)c(C)c1. The van der Waals surface area contributed by atoms with E-state index in [-0.39, 0.29) is 11.7 Å². The molecule has 0 unspecified atom stereocenters.